The molecule has 0 aliphatic carbocycles. The van der Waals surface area contributed by atoms with Gasteiger partial charge in [-0.05, 0) is 18.5 Å². The molecule has 8 heavy (non-hydrogen) atoms. The first-order valence-electron chi connectivity index (χ1n) is 1.43. The van der Waals surface area contributed by atoms with E-state index in [1.807, 2.05) is 0 Å². The molecule has 0 spiro atoms. The molecule has 0 saturated heterocycles. The van der Waals surface area contributed by atoms with Crippen LogP contribution < -0.4 is 0 Å². The van der Waals surface area contributed by atoms with Crippen molar-refractivity contribution in [3.05, 3.63) is 0 Å². The summed E-state index contributed by atoms with van der Waals surface area (Å²) in [6.07, 6.45) is 0. The predicted octanol–water partition coefficient (Wildman–Crippen LogP) is 1.08. The molecule has 0 amide bonds. The fourth-order valence-corrected chi connectivity index (χ4v) is 0. The molecule has 0 aromatic rings. The molecule has 0 fully saturated rings. The predicted molar refractivity (Wildman–Crippen MR) is 35.5 cm³/mol. The van der Waals surface area contributed by atoms with Gasteiger partial charge < -0.3 is 10.2 Å². The quantitative estimate of drug-likeness (QED) is 0.514. The maximum atomic E-state index is 8.96. The average Bonchev–Trinajstić information content (AvgIpc) is 1.25. The zero-order chi connectivity index (χ0) is 7.15. The molecule has 0 saturated carbocycles. The second-order valence-corrected chi connectivity index (χ2v) is 1.66. The summed E-state index contributed by atoms with van der Waals surface area (Å²) >= 11 is 0. The Labute approximate surface area is 50.7 Å². The van der Waals surface area contributed by atoms with Gasteiger partial charge in [0.15, 0.2) is 0 Å². The van der Waals surface area contributed by atoms with Gasteiger partial charge in [0.1, 0.15) is 0 Å². The lowest BCUT2D eigenvalue weighted by atomic mass is 11.6. The summed E-state index contributed by atoms with van der Waals surface area (Å²) in [5.74, 6) is 0. The van der Waals surface area contributed by atoms with Crippen molar-refractivity contribution < 1.29 is 19.8 Å². The average molecular weight is 156 g/mol. The third-order valence-electron chi connectivity index (χ3n) is 0. The number of rotatable bonds is 0. The van der Waals surface area contributed by atoms with E-state index in [-0.39, 0.29) is 0 Å². The molecule has 0 bridgehead atoms. The molecule has 0 aliphatic heterocycles. The lowest BCUT2D eigenvalue weighted by Gasteiger charge is -1.59. The van der Waals surface area contributed by atoms with Crippen molar-refractivity contribution in [2.45, 2.75) is 0 Å². The summed E-state index contributed by atoms with van der Waals surface area (Å²) in [5.41, 5.74) is -1.83. The molecule has 48 valence electrons. The Morgan fingerprint density at radius 1 is 1.00 bits per heavy atom. The van der Waals surface area contributed by atoms with Crippen molar-refractivity contribution in [3.63, 3.8) is 0 Å². The first-order valence-corrected chi connectivity index (χ1v) is 2.59. The van der Waals surface area contributed by atoms with Gasteiger partial charge >= 0.3 is 11.4 Å². The van der Waals surface area contributed by atoms with E-state index in [1.54, 1.807) is 18.5 Å². The van der Waals surface area contributed by atoms with Crippen molar-refractivity contribution in [1.82, 2.24) is 0 Å². The molecule has 6 heteroatoms. The first kappa shape index (κ1) is 10.7. The normalized spacial score (nSPS) is 6.25. The minimum absolute atomic E-state index is 0.917. The first-order chi connectivity index (χ1) is 3.46. The number of carboxylic acid groups (broad SMARTS) is 2. The van der Waals surface area contributed by atoms with Crippen LogP contribution in [-0.4, -0.2) is 21.6 Å². The van der Waals surface area contributed by atoms with Crippen LogP contribution in [0.2, 0.25) is 0 Å². The van der Waals surface area contributed by atoms with E-state index in [0.717, 1.165) is 0 Å². The Hall–Kier alpha value is -0.200. The fraction of sp³-hybridized carbons (Fsp3) is 0. The molecule has 0 aliphatic rings. The summed E-state index contributed by atoms with van der Waals surface area (Å²) in [6.45, 7) is 0. The second-order valence-electron chi connectivity index (χ2n) is 0.676. The molecule has 0 heterocycles. The molecular formula is C2H6O4P2. The van der Waals surface area contributed by atoms with Gasteiger partial charge in [0.05, 0.1) is 0 Å². The van der Waals surface area contributed by atoms with Crippen LogP contribution in [-0.2, 0) is 0 Å². The molecule has 0 rings (SSSR count). The lowest BCUT2D eigenvalue weighted by molar-refractivity contribution is 0.221. The smallest absolute Gasteiger partial charge is 0.317 e. The van der Waals surface area contributed by atoms with Crippen LogP contribution in [0.3, 0.4) is 0 Å². The third kappa shape index (κ3) is 3340. The molecule has 2 unspecified atom stereocenters. The topological polar surface area (TPSA) is 74.6 Å². The highest BCUT2D eigenvalue weighted by Gasteiger charge is 1.65. The standard InChI is InChI=1S/2CH3O2P/c2*2-1(3)4/h2*4H2,(H,2,3). The summed E-state index contributed by atoms with van der Waals surface area (Å²) in [4.78, 5) is 17.9. The Balaban J connectivity index is 0. The molecular weight excluding hydrogens is 150 g/mol. The van der Waals surface area contributed by atoms with Crippen LogP contribution in [0.4, 0.5) is 9.59 Å². The van der Waals surface area contributed by atoms with Crippen LogP contribution in [0.15, 0.2) is 0 Å². The van der Waals surface area contributed by atoms with Crippen LogP contribution in [0.5, 0.6) is 0 Å². The Kier molecular flexibility index (Phi) is 9.11. The summed E-state index contributed by atoms with van der Waals surface area (Å²) in [5, 5.41) is 14.8. The summed E-state index contributed by atoms with van der Waals surface area (Å²) < 4.78 is 0. The zero-order valence-electron chi connectivity index (χ0n) is 3.87. The van der Waals surface area contributed by atoms with Crippen LogP contribution in [0.25, 0.3) is 0 Å². The van der Waals surface area contributed by atoms with Crippen molar-refractivity contribution >= 4 is 29.9 Å². The Morgan fingerprint density at radius 3 is 1.00 bits per heavy atom. The van der Waals surface area contributed by atoms with E-state index in [4.69, 9.17) is 19.8 Å². The molecule has 2 N–H and O–H groups in total. The van der Waals surface area contributed by atoms with E-state index < -0.39 is 11.4 Å². The Bertz CT molecular complexity index is 70.0. The van der Waals surface area contributed by atoms with Crippen LogP contribution in [0.1, 0.15) is 0 Å². The maximum absolute atomic E-state index is 8.96. The number of hydrogen-bond donors (Lipinski definition) is 2. The fourth-order valence-electron chi connectivity index (χ4n) is 0. The molecule has 2 atom stereocenters. The van der Waals surface area contributed by atoms with Crippen molar-refractivity contribution in [2.24, 2.45) is 0 Å². The highest BCUT2D eigenvalue weighted by molar-refractivity contribution is 7.39. The van der Waals surface area contributed by atoms with E-state index in [9.17, 15) is 0 Å². The van der Waals surface area contributed by atoms with Crippen LogP contribution >= 0.6 is 18.5 Å². The molecule has 0 radical (unpaired) electrons. The second kappa shape index (κ2) is 6.80. The SMILES string of the molecule is O=C(O)P.O=C(O)P. The zero-order valence-corrected chi connectivity index (χ0v) is 6.18. The maximum Gasteiger partial charge on any atom is 0.317 e. The van der Waals surface area contributed by atoms with Crippen molar-refractivity contribution in [3.8, 4) is 0 Å². The molecule has 0 aromatic heterocycles. The van der Waals surface area contributed by atoms with E-state index >= 15 is 0 Å². The van der Waals surface area contributed by atoms with E-state index in [1.165, 1.54) is 0 Å². The summed E-state index contributed by atoms with van der Waals surface area (Å²) in [6, 6.07) is 0. The molecule has 4 nitrogen and oxygen atoms in total. The van der Waals surface area contributed by atoms with Gasteiger partial charge in [-0.3, -0.25) is 0 Å². The monoisotopic (exact) mass is 156 g/mol. The minimum atomic E-state index is -0.917. The summed E-state index contributed by atoms with van der Waals surface area (Å²) in [7, 11) is 3.15. The van der Waals surface area contributed by atoms with Crippen molar-refractivity contribution in [1.29, 1.82) is 0 Å². The lowest BCUT2D eigenvalue weighted by Crippen LogP contribution is -1.65. The van der Waals surface area contributed by atoms with E-state index in [2.05, 4.69) is 0 Å². The highest BCUT2D eigenvalue weighted by Crippen LogP contribution is 1.75. The molecule has 0 aromatic carbocycles. The van der Waals surface area contributed by atoms with Gasteiger partial charge in [-0.15, -0.1) is 0 Å². The van der Waals surface area contributed by atoms with Crippen molar-refractivity contribution in [2.75, 3.05) is 0 Å². The van der Waals surface area contributed by atoms with Gasteiger partial charge in [0.2, 0.25) is 0 Å². The Morgan fingerprint density at radius 2 is 1.00 bits per heavy atom. The van der Waals surface area contributed by atoms with Gasteiger partial charge in [0, 0.05) is 0 Å². The van der Waals surface area contributed by atoms with Crippen LogP contribution in [0, 0.1) is 0 Å². The number of hydrogen-bond acceptors (Lipinski definition) is 2. The number of carbonyl (C=O) groups is 2. The largest absolute Gasteiger partial charge is 0.479 e. The van der Waals surface area contributed by atoms with Gasteiger partial charge in [-0.25, -0.2) is 9.59 Å². The van der Waals surface area contributed by atoms with E-state index in [0.29, 0.717) is 0 Å². The third-order valence-corrected chi connectivity index (χ3v) is 0. The van der Waals surface area contributed by atoms with Gasteiger partial charge in [-0.2, -0.15) is 0 Å². The minimum Gasteiger partial charge on any atom is -0.479 e. The van der Waals surface area contributed by atoms with Gasteiger partial charge in [-0.1, -0.05) is 0 Å². The highest BCUT2D eigenvalue weighted by atomic mass is 31.0. The van der Waals surface area contributed by atoms with Gasteiger partial charge in [0.25, 0.3) is 0 Å².